The van der Waals surface area contributed by atoms with E-state index in [0.29, 0.717) is 60.0 Å². The number of nitrogens with zero attached hydrogens (tertiary/aromatic N) is 5. The molecular weight excluding hydrogens is 751 g/mol. The number of pyridine rings is 1. The van der Waals surface area contributed by atoms with Crippen LogP contribution in [-0.4, -0.2) is 105 Å². The van der Waals surface area contributed by atoms with E-state index in [0.717, 1.165) is 36.9 Å². The molecule has 0 spiro atoms. The highest BCUT2D eigenvalue weighted by Crippen LogP contribution is 2.58. The molecule has 3 aromatic rings. The molecular formula is C46H63N5O8. The molecule has 0 radical (unpaired) electrons. The number of esters is 1. The fraction of sp³-hybridized carbons (Fsp3) is 0.652. The highest BCUT2D eigenvalue weighted by Gasteiger charge is 2.61. The number of aliphatic carboxylic acids is 1. The molecule has 0 bridgehead atoms. The lowest BCUT2D eigenvalue weighted by atomic mass is 9.77. The maximum atomic E-state index is 14.8. The smallest absolute Gasteiger partial charge is 0.310 e. The Morgan fingerprint density at radius 3 is 2.41 bits per heavy atom. The number of fused-ring (bicyclic) bond motifs is 2. The second kappa shape index (κ2) is 16.9. The number of Topliss-reactive ketones (excluding diaryl/α,β-unsaturated/α-hetero) is 1. The first-order valence-corrected chi connectivity index (χ1v) is 21.6. The predicted molar refractivity (Wildman–Crippen MR) is 222 cm³/mol. The summed E-state index contributed by atoms with van der Waals surface area (Å²) in [5, 5.41) is 15.8. The number of likely N-dealkylation sites (N-methyl/N-ethyl adjacent to an activating group) is 1. The molecule has 320 valence electrons. The van der Waals surface area contributed by atoms with Crippen molar-refractivity contribution in [2.75, 3.05) is 33.8 Å². The number of ether oxygens (including phenoxy) is 3. The molecule has 3 heterocycles. The summed E-state index contributed by atoms with van der Waals surface area (Å²) in [6.07, 6.45) is 5.94. The Morgan fingerprint density at radius 2 is 1.76 bits per heavy atom. The Kier molecular flexibility index (Phi) is 12.2. The Balaban J connectivity index is 1.19. The van der Waals surface area contributed by atoms with E-state index in [9.17, 15) is 24.3 Å². The van der Waals surface area contributed by atoms with Gasteiger partial charge in [-0.05, 0) is 93.5 Å². The van der Waals surface area contributed by atoms with Gasteiger partial charge < -0.3 is 29.1 Å². The molecule has 7 rings (SSSR count). The van der Waals surface area contributed by atoms with Gasteiger partial charge in [-0.3, -0.25) is 19.2 Å². The summed E-state index contributed by atoms with van der Waals surface area (Å²) in [6.45, 7) is 13.3. The van der Waals surface area contributed by atoms with E-state index < -0.39 is 40.8 Å². The number of amides is 1. The molecule has 3 aliphatic carbocycles. The highest BCUT2D eigenvalue weighted by atomic mass is 16.5. The van der Waals surface area contributed by atoms with Gasteiger partial charge in [0.1, 0.15) is 30.3 Å². The molecule has 1 amide bonds. The van der Waals surface area contributed by atoms with Crippen molar-refractivity contribution in [1.29, 1.82) is 0 Å². The van der Waals surface area contributed by atoms with Crippen molar-refractivity contribution in [3.05, 3.63) is 42.2 Å². The quantitative estimate of drug-likeness (QED) is 0.136. The summed E-state index contributed by atoms with van der Waals surface area (Å²) >= 11 is 0. The number of carbonyl (C=O) groups excluding carboxylic acids is 3. The van der Waals surface area contributed by atoms with Crippen LogP contribution in [0.25, 0.3) is 16.7 Å². The summed E-state index contributed by atoms with van der Waals surface area (Å²) in [5.41, 5.74) is -0.190. The maximum absolute atomic E-state index is 14.8. The summed E-state index contributed by atoms with van der Waals surface area (Å²) in [5.74, 6) is 0.574. The maximum Gasteiger partial charge on any atom is 0.310 e. The van der Waals surface area contributed by atoms with E-state index in [1.54, 1.807) is 9.58 Å². The van der Waals surface area contributed by atoms with Crippen LogP contribution in [0.3, 0.4) is 0 Å². The van der Waals surface area contributed by atoms with Gasteiger partial charge in [0.2, 0.25) is 5.91 Å². The van der Waals surface area contributed by atoms with E-state index in [-0.39, 0.29) is 49.5 Å². The lowest BCUT2D eigenvalue weighted by Gasteiger charge is -2.35. The number of carboxylic acid groups (broad SMARTS) is 1. The summed E-state index contributed by atoms with van der Waals surface area (Å²) in [4.78, 5) is 63.8. The van der Waals surface area contributed by atoms with Crippen LogP contribution in [0.15, 0.2) is 36.5 Å². The summed E-state index contributed by atoms with van der Waals surface area (Å²) in [6, 6.07) is 8.56. The molecule has 8 atom stereocenters. The van der Waals surface area contributed by atoms with Gasteiger partial charge in [0, 0.05) is 43.1 Å². The number of likely N-dealkylation sites (tertiary alicyclic amines) is 1. The minimum Gasteiger partial charge on any atom is -0.492 e. The second-order valence-corrected chi connectivity index (χ2v) is 19.5. The fourth-order valence-corrected chi connectivity index (χ4v) is 9.46. The molecule has 2 aromatic heterocycles. The summed E-state index contributed by atoms with van der Waals surface area (Å²) in [7, 11) is 3.98. The van der Waals surface area contributed by atoms with E-state index in [4.69, 9.17) is 24.3 Å². The monoisotopic (exact) mass is 813 g/mol. The van der Waals surface area contributed by atoms with Gasteiger partial charge >= 0.3 is 11.9 Å². The fourth-order valence-electron chi connectivity index (χ4n) is 9.46. The first kappa shape index (κ1) is 42.6. The van der Waals surface area contributed by atoms with Crippen LogP contribution in [0.1, 0.15) is 98.6 Å². The SMILES string of the molecule is CC[C@@H]1C[C@]1(CC(=O)[C@@H]1C[C@@H](Oc2cc(-n3ccc(CC(C)C)n3)nc3cc(OCCN(C)C)ccc23)CN1C(=O)[C@@H](CC(=O)OC1CC2C[C@H]2C1)C(C)(C)C)C(=O)O. The van der Waals surface area contributed by atoms with Gasteiger partial charge in [-0.1, -0.05) is 48.0 Å². The number of carboxylic acids is 1. The lowest BCUT2D eigenvalue weighted by Crippen LogP contribution is -2.48. The molecule has 13 heteroatoms. The van der Waals surface area contributed by atoms with Crippen LogP contribution in [0, 0.1) is 40.4 Å². The molecule has 1 aliphatic heterocycles. The molecule has 1 aromatic carbocycles. The van der Waals surface area contributed by atoms with Crippen LogP contribution < -0.4 is 9.47 Å². The van der Waals surface area contributed by atoms with Crippen molar-refractivity contribution in [3.63, 3.8) is 0 Å². The first-order chi connectivity index (χ1) is 27.9. The zero-order valence-corrected chi connectivity index (χ0v) is 36.1. The Labute approximate surface area is 348 Å². The molecule has 2 unspecified atom stereocenters. The van der Waals surface area contributed by atoms with E-state index in [1.165, 1.54) is 6.42 Å². The van der Waals surface area contributed by atoms with Gasteiger partial charge in [-0.2, -0.15) is 5.10 Å². The Bertz CT molecular complexity index is 2050. The van der Waals surface area contributed by atoms with Crippen molar-refractivity contribution in [1.82, 2.24) is 24.6 Å². The summed E-state index contributed by atoms with van der Waals surface area (Å²) < 4.78 is 20.5. The largest absolute Gasteiger partial charge is 0.492 e. The molecule has 3 saturated carbocycles. The van der Waals surface area contributed by atoms with Crippen LogP contribution in [0.4, 0.5) is 0 Å². The zero-order valence-electron chi connectivity index (χ0n) is 36.1. The molecule has 4 fully saturated rings. The van der Waals surface area contributed by atoms with Gasteiger partial charge in [0.15, 0.2) is 11.6 Å². The van der Waals surface area contributed by atoms with Crippen LogP contribution in [-0.2, 0) is 30.3 Å². The van der Waals surface area contributed by atoms with Gasteiger partial charge in [0.25, 0.3) is 0 Å². The molecule has 1 saturated heterocycles. The number of hydrogen-bond donors (Lipinski definition) is 1. The molecule has 59 heavy (non-hydrogen) atoms. The van der Waals surface area contributed by atoms with E-state index in [1.807, 2.05) is 83.2 Å². The van der Waals surface area contributed by atoms with Crippen LogP contribution in [0.5, 0.6) is 11.5 Å². The second-order valence-electron chi connectivity index (χ2n) is 19.5. The first-order valence-electron chi connectivity index (χ1n) is 21.6. The third-order valence-electron chi connectivity index (χ3n) is 13.1. The Hall–Kier alpha value is -4.52. The van der Waals surface area contributed by atoms with E-state index in [2.05, 4.69) is 13.8 Å². The number of hydrogen-bond acceptors (Lipinski definition) is 10. The number of aromatic nitrogens is 3. The van der Waals surface area contributed by atoms with Crippen molar-refractivity contribution in [2.24, 2.45) is 40.4 Å². The minimum absolute atomic E-state index is 0.0886. The number of benzene rings is 1. The predicted octanol–water partition coefficient (Wildman–Crippen LogP) is 6.76. The normalized spacial score (nSPS) is 26.6. The molecule has 1 N–H and O–H groups in total. The van der Waals surface area contributed by atoms with Crippen molar-refractivity contribution in [2.45, 2.75) is 118 Å². The third kappa shape index (κ3) is 9.60. The average Bonchev–Trinajstić information content (AvgIpc) is 3.83. The number of ketones is 1. The average molecular weight is 814 g/mol. The third-order valence-corrected chi connectivity index (χ3v) is 13.1. The van der Waals surface area contributed by atoms with Crippen LogP contribution >= 0.6 is 0 Å². The van der Waals surface area contributed by atoms with Crippen LogP contribution in [0.2, 0.25) is 0 Å². The highest BCUT2D eigenvalue weighted by molar-refractivity contribution is 5.95. The van der Waals surface area contributed by atoms with Gasteiger partial charge in [0.05, 0.1) is 41.6 Å². The van der Waals surface area contributed by atoms with Gasteiger partial charge in [-0.15, -0.1) is 0 Å². The van der Waals surface area contributed by atoms with Crippen molar-refractivity contribution >= 4 is 34.5 Å². The minimum atomic E-state index is -1.13. The number of carbonyl (C=O) groups is 4. The lowest BCUT2D eigenvalue weighted by molar-refractivity contribution is -0.157. The zero-order chi connectivity index (χ0) is 42.4. The molecule has 13 nitrogen and oxygen atoms in total. The topological polar surface area (TPSA) is 153 Å². The standard InChI is InChI=1S/C46H63N5O8/c1-9-30-24-46(30,44(55)56)25-39(52)38-21-34(26-50(38)43(54)36(45(4,5)6)22-42(53)59-33-18-28-17-29(28)19-33)58-40-23-41(51-13-12-31(48-51)16-27(2)3)47-37-20-32(10-11-35(37)40)57-15-14-49(7)8/h10-13,20,23,27-30,33-34,36,38H,9,14-19,21-22,24-26H2,1-8H3,(H,55,56)/t28-,29?,30+,33?,34+,36+,38-,46+/m0/s1. The van der Waals surface area contributed by atoms with Crippen molar-refractivity contribution in [3.8, 4) is 17.3 Å². The number of rotatable bonds is 18. The van der Waals surface area contributed by atoms with E-state index >= 15 is 0 Å². The Morgan fingerprint density at radius 1 is 1.02 bits per heavy atom. The molecule has 4 aliphatic rings. The van der Waals surface area contributed by atoms with Gasteiger partial charge in [-0.25, -0.2) is 9.67 Å². The van der Waals surface area contributed by atoms with Crippen molar-refractivity contribution < 1.29 is 38.5 Å².